The molecule has 0 radical (unpaired) electrons. The summed E-state index contributed by atoms with van der Waals surface area (Å²) in [5.41, 5.74) is 0.997. The molecule has 1 aliphatic rings. The minimum absolute atomic E-state index is 0.0615. The van der Waals surface area contributed by atoms with Gasteiger partial charge in [-0.3, -0.25) is 13.9 Å². The van der Waals surface area contributed by atoms with E-state index in [2.05, 4.69) is 21.2 Å². The number of halogens is 2. The third-order valence-corrected chi connectivity index (χ3v) is 9.74. The summed E-state index contributed by atoms with van der Waals surface area (Å²) in [5.74, 6) is -0.748. The van der Waals surface area contributed by atoms with Crippen LogP contribution in [0, 0.1) is 0 Å². The van der Waals surface area contributed by atoms with Gasteiger partial charge in [-0.15, -0.1) is 0 Å². The lowest BCUT2D eigenvalue weighted by Gasteiger charge is -2.34. The lowest BCUT2D eigenvalue weighted by Crippen LogP contribution is -2.53. The summed E-state index contributed by atoms with van der Waals surface area (Å²) in [6.45, 7) is 1.41. The highest BCUT2D eigenvalue weighted by Crippen LogP contribution is 2.28. The Hall–Kier alpha value is -2.88. The van der Waals surface area contributed by atoms with Gasteiger partial charge in [0, 0.05) is 22.1 Å². The minimum atomic E-state index is -4.11. The lowest BCUT2D eigenvalue weighted by atomic mass is 10.1. The number of anilines is 1. The number of benzene rings is 3. The van der Waals surface area contributed by atoms with Crippen LogP contribution in [0.15, 0.2) is 88.2 Å². The highest BCUT2D eigenvalue weighted by Gasteiger charge is 2.34. The van der Waals surface area contributed by atoms with Gasteiger partial charge in [0.1, 0.15) is 12.6 Å². The maximum atomic E-state index is 14.1. The Bertz CT molecular complexity index is 1430. The summed E-state index contributed by atoms with van der Waals surface area (Å²) in [6.07, 6.45) is 4.29. The summed E-state index contributed by atoms with van der Waals surface area (Å²) in [7, 11) is -4.11. The predicted molar refractivity (Wildman–Crippen MR) is 162 cm³/mol. The van der Waals surface area contributed by atoms with Crippen molar-refractivity contribution in [1.82, 2.24) is 10.2 Å². The van der Waals surface area contributed by atoms with Gasteiger partial charge in [0.2, 0.25) is 11.8 Å². The second-order valence-corrected chi connectivity index (χ2v) is 13.0. The van der Waals surface area contributed by atoms with Gasteiger partial charge >= 0.3 is 0 Å². The Kier molecular flexibility index (Phi) is 10.3. The van der Waals surface area contributed by atoms with Crippen molar-refractivity contribution < 1.29 is 18.0 Å². The molecule has 0 heterocycles. The van der Waals surface area contributed by atoms with E-state index in [0.717, 1.165) is 30.0 Å². The van der Waals surface area contributed by atoms with Gasteiger partial charge in [-0.1, -0.05) is 89.8 Å². The summed E-state index contributed by atoms with van der Waals surface area (Å²) in [5, 5.41) is 3.58. The number of hydrogen-bond acceptors (Lipinski definition) is 4. The van der Waals surface area contributed by atoms with Gasteiger partial charge in [-0.05, 0) is 61.2 Å². The molecule has 7 nitrogen and oxygen atoms in total. The van der Waals surface area contributed by atoms with Crippen LogP contribution in [-0.2, 0) is 26.2 Å². The Morgan fingerprint density at radius 1 is 1.00 bits per heavy atom. The SMILES string of the molecule is CC[C@@H](C(=O)NC1CCCC1)N(Cc1ccccc1Cl)C(=O)CN(c1cccc(Br)c1)S(=O)(=O)c1ccccc1. The van der Waals surface area contributed by atoms with Crippen molar-refractivity contribution in [3.05, 3.63) is 93.9 Å². The molecule has 3 aromatic carbocycles. The number of rotatable bonds is 11. The summed E-state index contributed by atoms with van der Waals surface area (Å²) < 4.78 is 29.5. The van der Waals surface area contributed by atoms with E-state index in [4.69, 9.17) is 11.6 Å². The van der Waals surface area contributed by atoms with Crippen molar-refractivity contribution in [1.29, 1.82) is 0 Å². The quantitative estimate of drug-likeness (QED) is 0.270. The molecule has 0 unspecified atom stereocenters. The fourth-order valence-electron chi connectivity index (χ4n) is 4.98. The maximum Gasteiger partial charge on any atom is 0.264 e. The number of carbonyl (C=O) groups is 2. The zero-order chi connectivity index (χ0) is 28.7. The first kappa shape index (κ1) is 30.1. The standard InChI is InChI=1S/C30H33BrClN3O4S/c1-2-28(30(37)33-24-13-7-8-14-24)34(20-22-11-6-9-18-27(22)32)29(36)21-35(25-15-10-12-23(31)19-25)40(38,39)26-16-4-3-5-17-26/h3-6,9-12,15-19,24,28H,2,7-8,13-14,20-21H2,1H3,(H,33,37)/t28-/m0/s1. The fourth-order valence-corrected chi connectivity index (χ4v) is 6.99. The fraction of sp³-hybridized carbons (Fsp3) is 0.333. The van der Waals surface area contributed by atoms with Gasteiger partial charge in [-0.25, -0.2) is 8.42 Å². The van der Waals surface area contributed by atoms with Crippen molar-refractivity contribution in [2.24, 2.45) is 0 Å². The Morgan fingerprint density at radius 3 is 2.33 bits per heavy atom. The Morgan fingerprint density at radius 2 is 1.68 bits per heavy atom. The molecule has 1 N–H and O–H groups in total. The highest BCUT2D eigenvalue weighted by molar-refractivity contribution is 9.10. The zero-order valence-corrected chi connectivity index (χ0v) is 25.5. The molecule has 0 bridgehead atoms. The van der Waals surface area contributed by atoms with Crippen LogP contribution in [-0.4, -0.2) is 43.8 Å². The normalized spacial score (nSPS) is 14.5. The average Bonchev–Trinajstić information content (AvgIpc) is 3.46. The van der Waals surface area contributed by atoms with Gasteiger partial charge in [0.25, 0.3) is 10.0 Å². The summed E-state index contributed by atoms with van der Waals surface area (Å²) in [4.78, 5) is 29.1. The lowest BCUT2D eigenvalue weighted by molar-refractivity contribution is -0.140. The molecule has 0 saturated heterocycles. The summed E-state index contributed by atoms with van der Waals surface area (Å²) >= 11 is 9.87. The van der Waals surface area contributed by atoms with Gasteiger partial charge < -0.3 is 10.2 Å². The van der Waals surface area contributed by atoms with Crippen LogP contribution >= 0.6 is 27.5 Å². The zero-order valence-electron chi connectivity index (χ0n) is 22.3. The number of nitrogens with zero attached hydrogens (tertiary/aromatic N) is 2. The molecule has 4 rings (SSSR count). The molecule has 2 amide bonds. The number of hydrogen-bond donors (Lipinski definition) is 1. The first-order valence-corrected chi connectivity index (χ1v) is 16.0. The van der Waals surface area contributed by atoms with E-state index >= 15 is 0 Å². The van der Waals surface area contributed by atoms with Crippen LogP contribution in [0.4, 0.5) is 5.69 Å². The third kappa shape index (κ3) is 7.25. The first-order chi connectivity index (χ1) is 19.2. The number of nitrogens with one attached hydrogen (secondary N) is 1. The molecule has 3 aromatic rings. The van der Waals surface area contributed by atoms with Crippen LogP contribution in [0.3, 0.4) is 0 Å². The van der Waals surface area contributed by atoms with Crippen molar-refractivity contribution in [2.45, 2.75) is 62.6 Å². The third-order valence-electron chi connectivity index (χ3n) is 7.09. The molecule has 0 aliphatic heterocycles. The number of sulfonamides is 1. The number of carbonyl (C=O) groups excluding carboxylic acids is 2. The molecule has 0 spiro atoms. The van der Waals surface area contributed by atoms with Crippen molar-refractivity contribution in [3.63, 3.8) is 0 Å². The van der Waals surface area contributed by atoms with E-state index in [1.54, 1.807) is 60.7 Å². The maximum absolute atomic E-state index is 14.1. The van der Waals surface area contributed by atoms with E-state index in [0.29, 0.717) is 27.2 Å². The van der Waals surface area contributed by atoms with E-state index in [-0.39, 0.29) is 23.4 Å². The monoisotopic (exact) mass is 645 g/mol. The average molecular weight is 647 g/mol. The molecule has 10 heteroatoms. The van der Waals surface area contributed by atoms with Crippen LogP contribution in [0.2, 0.25) is 5.02 Å². The van der Waals surface area contributed by atoms with Gasteiger partial charge in [0.15, 0.2) is 0 Å². The van der Waals surface area contributed by atoms with Gasteiger partial charge in [0.05, 0.1) is 10.6 Å². The van der Waals surface area contributed by atoms with Crippen LogP contribution in [0.1, 0.15) is 44.6 Å². The smallest absolute Gasteiger partial charge is 0.264 e. The second kappa shape index (κ2) is 13.7. The molecule has 40 heavy (non-hydrogen) atoms. The van der Waals surface area contributed by atoms with E-state index in [1.807, 2.05) is 13.0 Å². The first-order valence-electron chi connectivity index (χ1n) is 13.4. The molecule has 1 saturated carbocycles. The Balaban J connectivity index is 1.71. The number of amides is 2. The van der Waals surface area contributed by atoms with Crippen LogP contribution in [0.25, 0.3) is 0 Å². The van der Waals surface area contributed by atoms with Crippen LogP contribution < -0.4 is 9.62 Å². The molecule has 1 atom stereocenters. The molecular formula is C30H33BrClN3O4S. The van der Waals surface area contributed by atoms with Crippen LogP contribution in [0.5, 0.6) is 0 Å². The largest absolute Gasteiger partial charge is 0.352 e. The predicted octanol–water partition coefficient (Wildman–Crippen LogP) is 6.16. The van der Waals surface area contributed by atoms with Gasteiger partial charge in [-0.2, -0.15) is 0 Å². The van der Waals surface area contributed by atoms with E-state index < -0.39 is 28.5 Å². The van der Waals surface area contributed by atoms with Crippen molar-refractivity contribution in [3.8, 4) is 0 Å². The second-order valence-electron chi connectivity index (χ2n) is 9.83. The molecule has 0 aromatic heterocycles. The highest BCUT2D eigenvalue weighted by atomic mass is 79.9. The molecule has 1 aliphatic carbocycles. The van der Waals surface area contributed by atoms with E-state index in [1.165, 1.54) is 17.0 Å². The molecule has 212 valence electrons. The minimum Gasteiger partial charge on any atom is -0.352 e. The van der Waals surface area contributed by atoms with Crippen molar-refractivity contribution in [2.75, 3.05) is 10.8 Å². The topological polar surface area (TPSA) is 86.8 Å². The molecular weight excluding hydrogens is 614 g/mol. The van der Waals surface area contributed by atoms with Crippen molar-refractivity contribution >= 4 is 55.1 Å². The van der Waals surface area contributed by atoms with E-state index in [9.17, 15) is 18.0 Å². The molecule has 1 fully saturated rings. The summed E-state index contributed by atoms with van der Waals surface area (Å²) in [6, 6.07) is 21.2. The Labute approximate surface area is 249 Å².